The minimum Gasteiger partial charge on any atom is -0.493 e. The number of carbonyl (C=O) groups is 3. The number of rotatable bonds is 6. The van der Waals surface area contributed by atoms with E-state index in [0.717, 1.165) is 16.0 Å². The first-order chi connectivity index (χ1) is 17.2. The number of urea groups is 1. The van der Waals surface area contributed by atoms with Crippen molar-refractivity contribution in [3.05, 3.63) is 93.3 Å². The molecule has 1 aliphatic rings. The monoisotopic (exact) mass is 508 g/mol. The lowest BCUT2D eigenvalue weighted by atomic mass is 10.0. The van der Waals surface area contributed by atoms with Crippen molar-refractivity contribution in [3.8, 4) is 11.5 Å². The number of methoxy groups -OCH3 is 1. The van der Waals surface area contributed by atoms with Gasteiger partial charge in [0.2, 0.25) is 0 Å². The molecular formula is C27H22ClFN2O5. The van der Waals surface area contributed by atoms with Crippen molar-refractivity contribution in [2.75, 3.05) is 12.0 Å². The SMILES string of the molecule is COc1cc(/C=C2\C(=O)NC(=O)N(c3cc(C)cc(C)c3)C2=O)cc(Cl)c1OCc1ccccc1F. The molecule has 0 unspecified atom stereocenters. The molecular weight excluding hydrogens is 487 g/mol. The van der Waals surface area contributed by atoms with Crippen LogP contribution in [-0.2, 0) is 16.2 Å². The summed E-state index contributed by atoms with van der Waals surface area (Å²) in [7, 11) is 1.40. The van der Waals surface area contributed by atoms with Gasteiger partial charge >= 0.3 is 6.03 Å². The Bertz CT molecular complexity index is 1400. The Balaban J connectivity index is 1.66. The summed E-state index contributed by atoms with van der Waals surface area (Å²) in [6.45, 7) is 3.60. The lowest BCUT2D eigenvalue weighted by Gasteiger charge is -2.27. The molecule has 4 amide bonds. The number of imide groups is 2. The van der Waals surface area contributed by atoms with Crippen molar-refractivity contribution < 1.29 is 28.2 Å². The predicted octanol–water partition coefficient (Wildman–Crippen LogP) is 5.35. The summed E-state index contributed by atoms with van der Waals surface area (Å²) in [5.41, 5.74) is 2.50. The van der Waals surface area contributed by atoms with Crippen LogP contribution in [0.1, 0.15) is 22.3 Å². The van der Waals surface area contributed by atoms with Crippen LogP contribution in [0.5, 0.6) is 11.5 Å². The van der Waals surface area contributed by atoms with Gasteiger partial charge in [-0.15, -0.1) is 0 Å². The highest BCUT2D eigenvalue weighted by Crippen LogP contribution is 2.38. The quantitative estimate of drug-likeness (QED) is 0.358. The lowest BCUT2D eigenvalue weighted by molar-refractivity contribution is -0.122. The fraction of sp³-hybridized carbons (Fsp3) is 0.148. The third-order valence-corrected chi connectivity index (χ3v) is 5.74. The van der Waals surface area contributed by atoms with Gasteiger partial charge in [0.15, 0.2) is 11.5 Å². The van der Waals surface area contributed by atoms with E-state index in [2.05, 4.69) is 5.32 Å². The number of ether oxygens (including phenoxy) is 2. The summed E-state index contributed by atoms with van der Waals surface area (Å²) in [4.78, 5) is 39.2. The molecule has 0 spiro atoms. The molecule has 9 heteroatoms. The van der Waals surface area contributed by atoms with Crippen molar-refractivity contribution in [2.24, 2.45) is 0 Å². The molecule has 1 heterocycles. The average molecular weight is 509 g/mol. The molecule has 0 aliphatic carbocycles. The molecule has 0 bridgehead atoms. The van der Waals surface area contributed by atoms with Crippen molar-refractivity contribution >= 4 is 41.2 Å². The van der Waals surface area contributed by atoms with Crippen molar-refractivity contribution in [1.82, 2.24) is 5.32 Å². The van der Waals surface area contributed by atoms with Crippen LogP contribution >= 0.6 is 11.6 Å². The maximum absolute atomic E-state index is 13.9. The summed E-state index contributed by atoms with van der Waals surface area (Å²) in [6.07, 6.45) is 1.31. The second-order valence-corrected chi connectivity index (χ2v) is 8.63. The minimum absolute atomic E-state index is 0.0862. The van der Waals surface area contributed by atoms with Gasteiger partial charge in [-0.25, -0.2) is 14.1 Å². The van der Waals surface area contributed by atoms with Crippen molar-refractivity contribution in [3.63, 3.8) is 0 Å². The first kappa shape index (κ1) is 24.9. The van der Waals surface area contributed by atoms with E-state index in [0.29, 0.717) is 16.8 Å². The molecule has 0 atom stereocenters. The van der Waals surface area contributed by atoms with Crippen molar-refractivity contribution in [2.45, 2.75) is 20.5 Å². The van der Waals surface area contributed by atoms with E-state index in [1.165, 1.54) is 31.4 Å². The maximum atomic E-state index is 13.9. The summed E-state index contributed by atoms with van der Waals surface area (Å²) in [6, 6.07) is 13.6. The van der Waals surface area contributed by atoms with E-state index in [9.17, 15) is 18.8 Å². The molecule has 1 saturated heterocycles. The van der Waals surface area contributed by atoms with E-state index in [4.69, 9.17) is 21.1 Å². The smallest absolute Gasteiger partial charge is 0.335 e. The largest absolute Gasteiger partial charge is 0.493 e. The fourth-order valence-corrected chi connectivity index (χ4v) is 4.14. The zero-order valence-corrected chi connectivity index (χ0v) is 20.5. The van der Waals surface area contributed by atoms with Gasteiger partial charge in [-0.05, 0) is 66.9 Å². The van der Waals surface area contributed by atoms with Gasteiger partial charge in [-0.1, -0.05) is 35.9 Å². The van der Waals surface area contributed by atoms with E-state index in [1.807, 2.05) is 19.9 Å². The lowest BCUT2D eigenvalue weighted by Crippen LogP contribution is -2.54. The number of hydrogen-bond acceptors (Lipinski definition) is 5. The van der Waals surface area contributed by atoms with Crippen molar-refractivity contribution in [1.29, 1.82) is 0 Å². The second-order valence-electron chi connectivity index (χ2n) is 8.22. The van der Waals surface area contributed by atoms with Gasteiger partial charge in [0, 0.05) is 5.56 Å². The van der Waals surface area contributed by atoms with Gasteiger partial charge in [0.25, 0.3) is 11.8 Å². The van der Waals surface area contributed by atoms with Gasteiger partial charge < -0.3 is 9.47 Å². The molecule has 7 nitrogen and oxygen atoms in total. The number of halogens is 2. The molecule has 184 valence electrons. The summed E-state index contributed by atoms with van der Waals surface area (Å²) in [5, 5.41) is 2.33. The van der Waals surface area contributed by atoms with E-state index in [-0.39, 0.29) is 28.7 Å². The molecule has 4 rings (SSSR count). The van der Waals surface area contributed by atoms with Gasteiger partial charge in [0.05, 0.1) is 17.8 Å². The maximum Gasteiger partial charge on any atom is 0.335 e. The number of benzene rings is 3. The number of nitrogens with zero attached hydrogens (tertiary/aromatic N) is 1. The molecule has 1 N–H and O–H groups in total. The number of aryl methyl sites for hydroxylation is 2. The van der Waals surface area contributed by atoms with E-state index >= 15 is 0 Å². The first-order valence-corrected chi connectivity index (χ1v) is 11.3. The highest BCUT2D eigenvalue weighted by Gasteiger charge is 2.37. The number of nitrogens with one attached hydrogen (secondary N) is 1. The molecule has 3 aromatic carbocycles. The van der Waals surface area contributed by atoms with Crippen LogP contribution in [0.25, 0.3) is 6.08 Å². The van der Waals surface area contributed by atoms with Crippen LogP contribution in [0.3, 0.4) is 0 Å². The number of amides is 4. The summed E-state index contributed by atoms with van der Waals surface area (Å²) >= 11 is 6.41. The molecule has 1 fully saturated rings. The Kier molecular flexibility index (Phi) is 7.07. The van der Waals surface area contributed by atoms with Crippen LogP contribution in [0.4, 0.5) is 14.9 Å². The molecule has 3 aromatic rings. The molecule has 1 aliphatic heterocycles. The standard InChI is InChI=1S/C27H22ClFN2O5/c1-15-8-16(2)10-19(9-15)31-26(33)20(25(32)30-27(31)34)11-17-12-21(28)24(23(13-17)35-3)36-14-18-6-4-5-7-22(18)29/h4-13H,14H2,1-3H3,(H,30,32,34)/b20-11+. The Hall–Kier alpha value is -4.17. The highest BCUT2D eigenvalue weighted by atomic mass is 35.5. The third-order valence-electron chi connectivity index (χ3n) is 5.46. The zero-order valence-electron chi connectivity index (χ0n) is 19.7. The van der Waals surface area contributed by atoms with E-state index < -0.39 is 23.7 Å². The minimum atomic E-state index is -0.834. The van der Waals surface area contributed by atoms with Gasteiger partial charge in [0.1, 0.15) is 18.0 Å². The zero-order chi connectivity index (χ0) is 26.0. The fourth-order valence-electron chi connectivity index (χ4n) is 3.87. The van der Waals surface area contributed by atoms with Gasteiger partial charge in [-0.3, -0.25) is 14.9 Å². The first-order valence-electron chi connectivity index (χ1n) is 10.9. The predicted molar refractivity (Wildman–Crippen MR) is 134 cm³/mol. The summed E-state index contributed by atoms with van der Waals surface area (Å²) in [5.74, 6) is -1.63. The Labute approximate surface area is 212 Å². The normalized spacial score (nSPS) is 14.8. The van der Waals surface area contributed by atoms with Crippen LogP contribution < -0.4 is 19.7 Å². The summed E-state index contributed by atoms with van der Waals surface area (Å²) < 4.78 is 25.0. The highest BCUT2D eigenvalue weighted by molar-refractivity contribution is 6.39. The average Bonchev–Trinajstić information content (AvgIpc) is 2.81. The number of carbonyl (C=O) groups excluding carboxylic acids is 3. The number of barbiturate groups is 1. The van der Waals surface area contributed by atoms with Crippen LogP contribution in [0.15, 0.2) is 60.2 Å². The molecule has 0 aromatic heterocycles. The van der Waals surface area contributed by atoms with Gasteiger partial charge in [-0.2, -0.15) is 0 Å². The molecule has 36 heavy (non-hydrogen) atoms. The second kappa shape index (κ2) is 10.2. The van der Waals surface area contributed by atoms with Crippen LogP contribution in [-0.4, -0.2) is 25.0 Å². The Morgan fingerprint density at radius 1 is 1.03 bits per heavy atom. The Morgan fingerprint density at radius 2 is 1.72 bits per heavy atom. The van der Waals surface area contributed by atoms with E-state index in [1.54, 1.807) is 30.3 Å². The molecule has 0 saturated carbocycles. The molecule has 0 radical (unpaired) electrons. The number of anilines is 1. The Morgan fingerprint density at radius 3 is 2.39 bits per heavy atom. The number of hydrogen-bond donors (Lipinski definition) is 1. The topological polar surface area (TPSA) is 84.9 Å². The van der Waals surface area contributed by atoms with Crippen LogP contribution in [0, 0.1) is 19.7 Å². The van der Waals surface area contributed by atoms with Crippen LogP contribution in [0.2, 0.25) is 5.02 Å². The third kappa shape index (κ3) is 5.08.